The molecule has 0 atom stereocenters. The minimum Gasteiger partial charge on any atom is -0.466 e. The maximum atomic E-state index is 12.8. The summed E-state index contributed by atoms with van der Waals surface area (Å²) in [6.07, 6.45) is 59.4. The Bertz CT molecular complexity index is 902. The Hall–Kier alpha value is -1.18. The Balaban J connectivity index is 4.33. The first-order valence-electron chi connectivity index (χ1n) is 31.9. The number of hydrogen-bond acceptors (Lipinski definition) is 7. The standard InChI is InChI=1S/C63H127N3O4/c1-6-10-14-18-22-26-30-34-38-42-54-65(55-43-39-35-31-27-23-19-15-11-7-2)58-50-62(67)69-60-48-46-52-64(5)53-47-49-61-70-63(68)51-59-66(56-44-40-36-32-28-24-20-16-12-8-3)57-45-41-37-33-29-25-21-17-13-9-4/h6-61H2,1-5H3. The van der Waals surface area contributed by atoms with Crippen molar-refractivity contribution in [3.63, 3.8) is 0 Å². The van der Waals surface area contributed by atoms with Gasteiger partial charge in [-0.3, -0.25) is 9.59 Å². The zero-order valence-corrected chi connectivity index (χ0v) is 48.6. The second-order valence-corrected chi connectivity index (χ2v) is 22.1. The molecule has 0 aromatic heterocycles. The van der Waals surface area contributed by atoms with Crippen molar-refractivity contribution >= 4 is 11.9 Å². The third kappa shape index (κ3) is 54.6. The van der Waals surface area contributed by atoms with E-state index in [1.165, 1.54) is 257 Å². The summed E-state index contributed by atoms with van der Waals surface area (Å²) in [6, 6.07) is 0. The fraction of sp³-hybridized carbons (Fsp3) is 0.968. The average molecular weight is 991 g/mol. The van der Waals surface area contributed by atoms with Gasteiger partial charge in [-0.25, -0.2) is 0 Å². The third-order valence-electron chi connectivity index (χ3n) is 15.0. The highest BCUT2D eigenvalue weighted by Gasteiger charge is 2.12. The summed E-state index contributed by atoms with van der Waals surface area (Å²) in [6.45, 7) is 18.4. The molecule has 0 amide bonds. The van der Waals surface area contributed by atoms with Crippen LogP contribution in [0.1, 0.15) is 323 Å². The SMILES string of the molecule is CCCCCCCCCCCCN(CCCCCCCCCCCC)CCC(=O)OCCCCN(C)CCCCOC(=O)CCN(CCCCCCCCCCCC)CCCCCCCCCCCC. The molecule has 0 aromatic carbocycles. The van der Waals surface area contributed by atoms with Gasteiger partial charge in [0.1, 0.15) is 0 Å². The zero-order valence-electron chi connectivity index (χ0n) is 48.6. The van der Waals surface area contributed by atoms with E-state index in [2.05, 4.69) is 49.4 Å². The fourth-order valence-corrected chi connectivity index (χ4v) is 10.1. The van der Waals surface area contributed by atoms with Crippen molar-refractivity contribution < 1.29 is 19.1 Å². The largest absolute Gasteiger partial charge is 0.466 e. The number of rotatable bonds is 60. The summed E-state index contributed by atoms with van der Waals surface area (Å²) in [5, 5.41) is 0. The zero-order chi connectivity index (χ0) is 50.9. The van der Waals surface area contributed by atoms with Crippen LogP contribution in [0.4, 0.5) is 0 Å². The van der Waals surface area contributed by atoms with Gasteiger partial charge >= 0.3 is 11.9 Å². The van der Waals surface area contributed by atoms with E-state index in [9.17, 15) is 9.59 Å². The van der Waals surface area contributed by atoms with Gasteiger partial charge in [-0.05, 0) is 97.7 Å². The first-order chi connectivity index (χ1) is 34.5. The van der Waals surface area contributed by atoms with Crippen molar-refractivity contribution in [1.82, 2.24) is 14.7 Å². The molecule has 0 fully saturated rings. The maximum Gasteiger partial charge on any atom is 0.307 e. The van der Waals surface area contributed by atoms with Crippen molar-refractivity contribution in [1.29, 1.82) is 0 Å². The monoisotopic (exact) mass is 990 g/mol. The first-order valence-corrected chi connectivity index (χ1v) is 31.9. The smallest absolute Gasteiger partial charge is 0.307 e. The van der Waals surface area contributed by atoms with E-state index in [1.54, 1.807) is 0 Å². The molecule has 0 bridgehead atoms. The van der Waals surface area contributed by atoms with Crippen molar-refractivity contribution in [2.75, 3.05) is 72.6 Å². The quantitative estimate of drug-likeness (QED) is 0.0444. The van der Waals surface area contributed by atoms with Crippen molar-refractivity contribution in [3.8, 4) is 0 Å². The van der Waals surface area contributed by atoms with Crippen LogP contribution in [0.3, 0.4) is 0 Å². The molecule has 418 valence electrons. The summed E-state index contributed by atoms with van der Waals surface area (Å²) in [5.41, 5.74) is 0. The Morgan fingerprint density at radius 2 is 0.457 bits per heavy atom. The molecule has 0 spiro atoms. The molecule has 7 heteroatoms. The molecule has 0 aliphatic rings. The minimum atomic E-state index is -0.0325. The number of nitrogens with zero attached hydrogens (tertiary/aromatic N) is 3. The van der Waals surface area contributed by atoms with Crippen molar-refractivity contribution in [2.45, 2.75) is 323 Å². The average Bonchev–Trinajstić information content (AvgIpc) is 3.36. The van der Waals surface area contributed by atoms with Crippen LogP contribution in [-0.4, -0.2) is 99.3 Å². The first kappa shape index (κ1) is 68.8. The van der Waals surface area contributed by atoms with E-state index in [4.69, 9.17) is 9.47 Å². The van der Waals surface area contributed by atoms with Crippen LogP contribution in [0.25, 0.3) is 0 Å². The van der Waals surface area contributed by atoms with Crippen LogP contribution in [0.15, 0.2) is 0 Å². The highest BCUT2D eigenvalue weighted by molar-refractivity contribution is 5.69. The van der Waals surface area contributed by atoms with Gasteiger partial charge in [-0.15, -0.1) is 0 Å². The predicted octanol–water partition coefficient (Wildman–Crippen LogP) is 18.6. The number of hydrogen-bond donors (Lipinski definition) is 0. The molecule has 7 nitrogen and oxygen atoms in total. The summed E-state index contributed by atoms with van der Waals surface area (Å²) in [7, 11) is 2.17. The van der Waals surface area contributed by atoms with Gasteiger partial charge in [0.25, 0.3) is 0 Å². The predicted molar refractivity (Wildman–Crippen MR) is 307 cm³/mol. The van der Waals surface area contributed by atoms with E-state index in [0.717, 1.165) is 78.0 Å². The molecule has 70 heavy (non-hydrogen) atoms. The minimum absolute atomic E-state index is 0.0325. The Labute approximate surface area is 439 Å². The van der Waals surface area contributed by atoms with Crippen LogP contribution in [-0.2, 0) is 19.1 Å². The van der Waals surface area contributed by atoms with Gasteiger partial charge < -0.3 is 24.2 Å². The van der Waals surface area contributed by atoms with Gasteiger partial charge in [-0.2, -0.15) is 0 Å². The van der Waals surface area contributed by atoms with Gasteiger partial charge in [0.2, 0.25) is 0 Å². The highest BCUT2D eigenvalue weighted by Crippen LogP contribution is 2.16. The number of unbranched alkanes of at least 4 members (excludes halogenated alkanes) is 38. The van der Waals surface area contributed by atoms with Crippen molar-refractivity contribution in [2.24, 2.45) is 0 Å². The molecule has 0 radical (unpaired) electrons. The molecule has 0 unspecified atom stereocenters. The Kier molecular flexibility index (Phi) is 57.7. The van der Waals surface area contributed by atoms with E-state index < -0.39 is 0 Å². The lowest BCUT2D eigenvalue weighted by molar-refractivity contribution is -0.145. The van der Waals surface area contributed by atoms with E-state index in [0.29, 0.717) is 26.1 Å². The molecule has 0 aliphatic heterocycles. The molecule has 0 N–H and O–H groups in total. The number of carbonyl (C=O) groups is 2. The fourth-order valence-electron chi connectivity index (χ4n) is 10.1. The lowest BCUT2D eigenvalue weighted by atomic mass is 10.1. The van der Waals surface area contributed by atoms with Crippen LogP contribution < -0.4 is 0 Å². The van der Waals surface area contributed by atoms with Gasteiger partial charge in [0.05, 0.1) is 26.1 Å². The molecular formula is C63H127N3O4. The van der Waals surface area contributed by atoms with E-state index in [-0.39, 0.29) is 11.9 Å². The lowest BCUT2D eigenvalue weighted by Crippen LogP contribution is -2.29. The van der Waals surface area contributed by atoms with Crippen LogP contribution >= 0.6 is 0 Å². The number of ether oxygens (including phenoxy) is 2. The van der Waals surface area contributed by atoms with Crippen molar-refractivity contribution in [3.05, 3.63) is 0 Å². The van der Waals surface area contributed by atoms with Crippen LogP contribution in [0, 0.1) is 0 Å². The lowest BCUT2D eigenvalue weighted by Gasteiger charge is -2.22. The Morgan fingerprint density at radius 1 is 0.257 bits per heavy atom. The van der Waals surface area contributed by atoms with Gasteiger partial charge in [0.15, 0.2) is 0 Å². The molecule has 0 aliphatic carbocycles. The van der Waals surface area contributed by atoms with Crippen LogP contribution in [0.5, 0.6) is 0 Å². The second kappa shape index (κ2) is 58.7. The number of esters is 2. The molecule has 0 aromatic rings. The second-order valence-electron chi connectivity index (χ2n) is 22.1. The summed E-state index contributed by atoms with van der Waals surface area (Å²) < 4.78 is 11.4. The molecule has 0 heterocycles. The normalized spacial score (nSPS) is 11.8. The molecule has 0 saturated heterocycles. The van der Waals surface area contributed by atoms with Gasteiger partial charge in [0, 0.05) is 13.1 Å². The number of carbonyl (C=O) groups excluding carboxylic acids is 2. The third-order valence-corrected chi connectivity index (χ3v) is 15.0. The summed E-state index contributed by atoms with van der Waals surface area (Å²) >= 11 is 0. The van der Waals surface area contributed by atoms with Crippen LogP contribution in [0.2, 0.25) is 0 Å². The summed E-state index contributed by atoms with van der Waals surface area (Å²) in [5.74, 6) is -0.0650. The van der Waals surface area contributed by atoms with E-state index >= 15 is 0 Å². The highest BCUT2D eigenvalue weighted by atomic mass is 16.5. The topological polar surface area (TPSA) is 62.3 Å². The Morgan fingerprint density at radius 3 is 0.686 bits per heavy atom. The van der Waals surface area contributed by atoms with Gasteiger partial charge in [-0.1, -0.05) is 259 Å². The molecule has 0 rings (SSSR count). The molecular weight excluding hydrogens is 863 g/mol. The maximum absolute atomic E-state index is 12.8. The molecule has 0 saturated carbocycles. The summed E-state index contributed by atoms with van der Waals surface area (Å²) in [4.78, 5) is 33.0. The van der Waals surface area contributed by atoms with E-state index in [1.807, 2.05) is 0 Å².